The highest BCUT2D eigenvalue weighted by Crippen LogP contribution is 2.47. The average Bonchev–Trinajstić information content (AvgIpc) is 3.74. The van der Waals surface area contributed by atoms with Crippen LogP contribution in [-0.4, -0.2) is 17.8 Å². The van der Waals surface area contributed by atoms with E-state index in [-0.39, 0.29) is 28.7 Å². The molecule has 2 heterocycles. The van der Waals surface area contributed by atoms with E-state index < -0.39 is 0 Å². The van der Waals surface area contributed by atoms with Gasteiger partial charge in [0, 0.05) is 33.4 Å². The van der Waals surface area contributed by atoms with Crippen molar-refractivity contribution >= 4 is 50.5 Å². The van der Waals surface area contributed by atoms with Crippen molar-refractivity contribution in [2.45, 2.75) is 64.0 Å². The van der Waals surface area contributed by atoms with Gasteiger partial charge in [-0.2, -0.15) is 0 Å². The highest BCUT2D eigenvalue weighted by Gasteiger charge is 2.37. The molecule has 0 bridgehead atoms. The molecule has 0 amide bonds. The van der Waals surface area contributed by atoms with Gasteiger partial charge in [0.25, 0.3) is 0 Å². The van der Waals surface area contributed by atoms with Crippen molar-refractivity contribution in [2.75, 3.05) is 0 Å². The Morgan fingerprint density at radius 2 is 1.26 bits per heavy atom. The average molecular weight is 860 g/mol. The number of para-hydroxylation sites is 1. The molecule has 1 unspecified atom stereocenters. The zero-order chi connectivity index (χ0) is 44.7. The lowest BCUT2D eigenvalue weighted by Crippen LogP contribution is -2.44. The zero-order valence-electron chi connectivity index (χ0n) is 37.7. The summed E-state index contributed by atoms with van der Waals surface area (Å²) in [6.07, 6.45) is 7.46. The van der Waals surface area contributed by atoms with Crippen LogP contribution in [0, 0.1) is 11.7 Å². The van der Waals surface area contributed by atoms with Gasteiger partial charge in [-0.3, -0.25) is 0 Å². The molecule has 0 fully saturated rings. The highest BCUT2D eigenvalue weighted by molar-refractivity contribution is 6.17. The van der Waals surface area contributed by atoms with Gasteiger partial charge in [-0.1, -0.05) is 167 Å². The van der Waals surface area contributed by atoms with Gasteiger partial charge in [-0.15, -0.1) is 0 Å². The summed E-state index contributed by atoms with van der Waals surface area (Å²) in [6, 6.07) is 56.8. The molecule has 0 radical (unpaired) electrons. The van der Waals surface area contributed by atoms with Crippen molar-refractivity contribution in [1.82, 2.24) is 5.32 Å². The van der Waals surface area contributed by atoms with Crippen molar-refractivity contribution < 1.29 is 8.81 Å². The van der Waals surface area contributed by atoms with Crippen LogP contribution in [0.5, 0.6) is 0 Å². The molecule has 0 saturated heterocycles. The first kappa shape index (κ1) is 40.2. The summed E-state index contributed by atoms with van der Waals surface area (Å²) in [7, 11) is 0. The number of fused-ring (bicyclic) bond motifs is 7. The summed E-state index contributed by atoms with van der Waals surface area (Å²) in [5, 5.41) is 8.48. The van der Waals surface area contributed by atoms with E-state index in [9.17, 15) is 4.39 Å². The number of amidine groups is 2. The molecule has 1 aromatic heterocycles. The molecule has 322 valence electrons. The smallest absolute Gasteiger partial charge is 0.159 e. The first-order chi connectivity index (χ1) is 32.0. The molecule has 0 spiro atoms. The van der Waals surface area contributed by atoms with Crippen molar-refractivity contribution in [3.63, 3.8) is 0 Å². The Morgan fingerprint density at radius 1 is 0.576 bits per heavy atom. The van der Waals surface area contributed by atoms with Crippen LogP contribution in [0.15, 0.2) is 184 Å². The standard InChI is InChI=1S/C61H50FN3O/c1-60(2)30-31-61(3,4)54-36-43(26-29-53(54)60)42-11-9-12-44(32-42)51-34-46(35-52-49-14-7-8-15-55(49)66-56(51)52)59-64-57(41-21-16-37(17-22-41)38-24-27-47(62)28-25-38)63-58(65-59)45-23-20-40-19-18-39-10-5-6-13-48(39)50(40)33-45/h5-29,32,34-36,45,58H,30-31,33H2,1-4H3,(H,63,64,65)/t45?,58-/m0/s1. The predicted molar refractivity (Wildman–Crippen MR) is 272 cm³/mol. The second kappa shape index (κ2) is 15.4. The van der Waals surface area contributed by atoms with Crippen LogP contribution in [0.3, 0.4) is 0 Å². The van der Waals surface area contributed by atoms with E-state index in [0.29, 0.717) is 5.84 Å². The van der Waals surface area contributed by atoms with Gasteiger partial charge in [-0.05, 0) is 127 Å². The van der Waals surface area contributed by atoms with E-state index in [1.807, 2.05) is 18.2 Å². The maximum atomic E-state index is 13.8. The van der Waals surface area contributed by atoms with Crippen molar-refractivity contribution in [1.29, 1.82) is 0 Å². The fraction of sp³-hybridized carbons (Fsp3) is 0.180. The largest absolute Gasteiger partial charge is 0.455 e. The third kappa shape index (κ3) is 6.96. The van der Waals surface area contributed by atoms with Crippen LogP contribution < -0.4 is 5.32 Å². The van der Waals surface area contributed by atoms with Gasteiger partial charge in [0.05, 0.1) is 0 Å². The summed E-state index contributed by atoms with van der Waals surface area (Å²) in [5.41, 5.74) is 15.8. The first-order valence-corrected chi connectivity index (χ1v) is 23.2. The quantitative estimate of drug-likeness (QED) is 0.181. The molecule has 1 N–H and O–H groups in total. The van der Waals surface area contributed by atoms with E-state index in [1.165, 1.54) is 69.1 Å². The number of nitrogens with one attached hydrogen (secondary N) is 1. The molecule has 8 aromatic carbocycles. The molecule has 4 nitrogen and oxygen atoms in total. The number of benzene rings is 8. The van der Waals surface area contributed by atoms with Crippen LogP contribution in [0.2, 0.25) is 0 Å². The van der Waals surface area contributed by atoms with Gasteiger partial charge in [0.2, 0.25) is 0 Å². The summed E-state index contributed by atoms with van der Waals surface area (Å²) in [5.74, 6) is 1.23. The molecule has 1 aliphatic heterocycles. The lowest BCUT2D eigenvalue weighted by atomic mass is 9.63. The SMILES string of the molecule is CC1(C)CCC(C)(C)c2cc(-c3cccc(-c4cc(C5=NC(c6ccc(-c7ccc(F)cc7)cc6)=N[C@H](C6C=Cc7ccc8ccccc8c7C6)N5)cc5c4oc4ccccc45)c3)ccc21. The van der Waals surface area contributed by atoms with Gasteiger partial charge in [0.15, 0.2) is 5.84 Å². The summed E-state index contributed by atoms with van der Waals surface area (Å²) in [4.78, 5) is 10.8. The highest BCUT2D eigenvalue weighted by atomic mass is 19.1. The summed E-state index contributed by atoms with van der Waals surface area (Å²) >= 11 is 0. The second-order valence-corrected chi connectivity index (χ2v) is 19.8. The zero-order valence-corrected chi connectivity index (χ0v) is 37.7. The lowest BCUT2D eigenvalue weighted by Gasteiger charge is -2.42. The summed E-state index contributed by atoms with van der Waals surface area (Å²) in [6.45, 7) is 9.55. The molecule has 66 heavy (non-hydrogen) atoms. The predicted octanol–water partition coefficient (Wildman–Crippen LogP) is 15.2. The maximum absolute atomic E-state index is 13.8. The first-order valence-electron chi connectivity index (χ1n) is 23.2. The van der Waals surface area contributed by atoms with Crippen LogP contribution in [0.4, 0.5) is 4.39 Å². The monoisotopic (exact) mass is 859 g/mol. The normalized spacial score (nSPS) is 18.4. The molecule has 9 aromatic rings. The number of hydrogen-bond acceptors (Lipinski definition) is 4. The van der Waals surface area contributed by atoms with E-state index in [0.717, 1.165) is 67.6 Å². The van der Waals surface area contributed by atoms with Crippen molar-refractivity contribution in [2.24, 2.45) is 15.9 Å². The lowest BCUT2D eigenvalue weighted by molar-refractivity contribution is 0.332. The molecule has 0 saturated carbocycles. The molecular formula is C61H50FN3O. The number of aliphatic imine (C=N–C) groups is 2. The fourth-order valence-corrected chi connectivity index (χ4v) is 10.7. The van der Waals surface area contributed by atoms with E-state index >= 15 is 0 Å². The molecule has 5 heteroatoms. The Kier molecular flexibility index (Phi) is 9.36. The minimum Gasteiger partial charge on any atom is -0.455 e. The Bertz CT molecular complexity index is 3500. The molecule has 3 aliphatic rings. The fourth-order valence-electron chi connectivity index (χ4n) is 10.7. The number of halogens is 1. The summed E-state index contributed by atoms with van der Waals surface area (Å²) < 4.78 is 20.6. The van der Waals surface area contributed by atoms with Gasteiger partial charge in [0.1, 0.15) is 29.0 Å². The van der Waals surface area contributed by atoms with Crippen LogP contribution >= 0.6 is 0 Å². The van der Waals surface area contributed by atoms with Crippen molar-refractivity contribution in [3.05, 3.63) is 209 Å². The minimum absolute atomic E-state index is 0.0594. The second-order valence-electron chi connectivity index (χ2n) is 19.8. The van der Waals surface area contributed by atoms with Crippen LogP contribution in [-0.2, 0) is 17.3 Å². The topological polar surface area (TPSA) is 49.9 Å². The van der Waals surface area contributed by atoms with Gasteiger partial charge in [-0.25, -0.2) is 14.4 Å². The Labute approximate surface area is 385 Å². The number of nitrogens with zero attached hydrogens (tertiary/aromatic N) is 2. The number of furan rings is 1. The van der Waals surface area contributed by atoms with Gasteiger partial charge < -0.3 is 9.73 Å². The third-order valence-electron chi connectivity index (χ3n) is 14.6. The van der Waals surface area contributed by atoms with E-state index in [2.05, 4.69) is 179 Å². The van der Waals surface area contributed by atoms with Gasteiger partial charge >= 0.3 is 0 Å². The van der Waals surface area contributed by atoms with Crippen LogP contribution in [0.1, 0.15) is 73.9 Å². The maximum Gasteiger partial charge on any atom is 0.159 e. The minimum atomic E-state index is -0.297. The van der Waals surface area contributed by atoms with Crippen molar-refractivity contribution in [3.8, 4) is 33.4 Å². The number of hydrogen-bond donors (Lipinski definition) is 1. The Balaban J connectivity index is 0.987. The third-order valence-corrected chi connectivity index (χ3v) is 14.6. The molecule has 2 atom stereocenters. The molecule has 12 rings (SSSR count). The van der Waals surface area contributed by atoms with E-state index in [1.54, 1.807) is 0 Å². The molecular weight excluding hydrogens is 810 g/mol. The van der Waals surface area contributed by atoms with Crippen LogP contribution in [0.25, 0.3) is 72.2 Å². The van der Waals surface area contributed by atoms with E-state index in [4.69, 9.17) is 14.4 Å². The Hall–Kier alpha value is -7.37. The Morgan fingerprint density at radius 3 is 2.08 bits per heavy atom. The number of rotatable bonds is 6. The molecule has 2 aliphatic carbocycles.